The zero-order chi connectivity index (χ0) is 9.35. The Morgan fingerprint density at radius 2 is 2.33 bits per heavy atom. The number of aliphatic hydroxyl groups is 1. The molecule has 0 radical (unpaired) electrons. The number of allylic oxidation sites excluding steroid dienone is 1. The van der Waals surface area contributed by atoms with Crippen LogP contribution in [-0.4, -0.2) is 17.0 Å². The quantitative estimate of drug-likeness (QED) is 0.596. The zero-order valence-corrected chi connectivity index (χ0v) is 7.45. The van der Waals surface area contributed by atoms with Gasteiger partial charge in [0.05, 0.1) is 11.5 Å². The molecule has 0 bridgehead atoms. The van der Waals surface area contributed by atoms with Gasteiger partial charge in [-0.2, -0.15) is 0 Å². The highest BCUT2D eigenvalue weighted by Crippen LogP contribution is 2.34. The fourth-order valence-corrected chi connectivity index (χ4v) is 1.54. The molecule has 0 fully saturated rings. The highest BCUT2D eigenvalue weighted by molar-refractivity contribution is 5.60. The summed E-state index contributed by atoms with van der Waals surface area (Å²) in [7, 11) is 0. The first-order valence-corrected chi connectivity index (χ1v) is 4.05. The SMILES string of the molecule is C=C1C=CC(C)C(C=O)C1(C)O. The molecule has 3 atom stereocenters. The summed E-state index contributed by atoms with van der Waals surface area (Å²) in [4.78, 5) is 10.7. The van der Waals surface area contributed by atoms with Crippen molar-refractivity contribution < 1.29 is 9.90 Å². The van der Waals surface area contributed by atoms with E-state index in [1.807, 2.05) is 13.0 Å². The van der Waals surface area contributed by atoms with Crippen molar-refractivity contribution in [3.8, 4) is 0 Å². The third-order valence-electron chi connectivity index (χ3n) is 2.61. The lowest BCUT2D eigenvalue weighted by Crippen LogP contribution is -2.42. The summed E-state index contributed by atoms with van der Waals surface area (Å²) in [5.41, 5.74) is -0.465. The highest BCUT2D eigenvalue weighted by atomic mass is 16.3. The Morgan fingerprint density at radius 3 is 2.75 bits per heavy atom. The van der Waals surface area contributed by atoms with Crippen molar-refractivity contribution in [1.82, 2.24) is 0 Å². The van der Waals surface area contributed by atoms with Crippen molar-refractivity contribution in [1.29, 1.82) is 0 Å². The second-order valence-corrected chi connectivity index (χ2v) is 3.55. The largest absolute Gasteiger partial charge is 0.385 e. The molecule has 1 aliphatic rings. The van der Waals surface area contributed by atoms with E-state index in [9.17, 15) is 9.90 Å². The Kier molecular flexibility index (Phi) is 2.20. The first-order valence-electron chi connectivity index (χ1n) is 4.05. The molecule has 3 unspecified atom stereocenters. The first kappa shape index (κ1) is 9.20. The average molecular weight is 166 g/mol. The third-order valence-corrected chi connectivity index (χ3v) is 2.61. The molecule has 0 aromatic rings. The van der Waals surface area contributed by atoms with Crippen LogP contribution in [0, 0.1) is 11.8 Å². The van der Waals surface area contributed by atoms with E-state index in [0.29, 0.717) is 5.57 Å². The van der Waals surface area contributed by atoms with Gasteiger partial charge in [0.2, 0.25) is 0 Å². The molecule has 2 nitrogen and oxygen atoms in total. The van der Waals surface area contributed by atoms with Crippen LogP contribution >= 0.6 is 0 Å². The van der Waals surface area contributed by atoms with E-state index in [2.05, 4.69) is 6.58 Å². The Labute approximate surface area is 72.6 Å². The summed E-state index contributed by atoms with van der Waals surface area (Å²) >= 11 is 0. The molecule has 0 amide bonds. The standard InChI is InChI=1S/C10H14O2/c1-7-4-5-8(2)10(3,12)9(7)6-11/h4-7,9,12H,2H2,1,3H3. The molecule has 0 spiro atoms. The summed E-state index contributed by atoms with van der Waals surface area (Å²) in [6.45, 7) is 7.25. The van der Waals surface area contributed by atoms with Crippen LogP contribution in [-0.2, 0) is 4.79 Å². The molecule has 66 valence electrons. The number of hydrogen-bond acceptors (Lipinski definition) is 2. The maximum absolute atomic E-state index is 10.7. The number of rotatable bonds is 1. The lowest BCUT2D eigenvalue weighted by atomic mass is 9.73. The van der Waals surface area contributed by atoms with Crippen LogP contribution in [0.3, 0.4) is 0 Å². The van der Waals surface area contributed by atoms with Gasteiger partial charge in [0.25, 0.3) is 0 Å². The van der Waals surface area contributed by atoms with Gasteiger partial charge in [0.15, 0.2) is 0 Å². The Balaban J connectivity index is 3.05. The maximum Gasteiger partial charge on any atom is 0.126 e. The predicted molar refractivity (Wildman–Crippen MR) is 47.6 cm³/mol. The van der Waals surface area contributed by atoms with Crippen LogP contribution in [0.5, 0.6) is 0 Å². The molecule has 1 rings (SSSR count). The molecule has 1 aliphatic carbocycles. The van der Waals surface area contributed by atoms with Crippen LogP contribution in [0.15, 0.2) is 24.3 Å². The van der Waals surface area contributed by atoms with Gasteiger partial charge in [0, 0.05) is 0 Å². The Morgan fingerprint density at radius 1 is 1.75 bits per heavy atom. The van der Waals surface area contributed by atoms with Gasteiger partial charge in [0.1, 0.15) is 6.29 Å². The van der Waals surface area contributed by atoms with E-state index in [1.54, 1.807) is 13.0 Å². The van der Waals surface area contributed by atoms with Crippen LogP contribution in [0.2, 0.25) is 0 Å². The van der Waals surface area contributed by atoms with Crippen molar-refractivity contribution in [2.24, 2.45) is 11.8 Å². The molecule has 12 heavy (non-hydrogen) atoms. The van der Waals surface area contributed by atoms with Gasteiger partial charge in [-0.15, -0.1) is 0 Å². The fraction of sp³-hybridized carbons (Fsp3) is 0.500. The molecule has 0 aromatic carbocycles. The number of carbonyl (C=O) groups excluding carboxylic acids is 1. The smallest absolute Gasteiger partial charge is 0.126 e. The van der Waals surface area contributed by atoms with E-state index >= 15 is 0 Å². The summed E-state index contributed by atoms with van der Waals surface area (Å²) < 4.78 is 0. The summed E-state index contributed by atoms with van der Waals surface area (Å²) in [6.07, 6.45) is 4.49. The van der Waals surface area contributed by atoms with E-state index in [0.717, 1.165) is 6.29 Å². The number of carbonyl (C=O) groups is 1. The third kappa shape index (κ3) is 1.23. The van der Waals surface area contributed by atoms with Crippen LogP contribution < -0.4 is 0 Å². The molecule has 2 heteroatoms. The minimum Gasteiger partial charge on any atom is -0.385 e. The van der Waals surface area contributed by atoms with Crippen LogP contribution in [0.1, 0.15) is 13.8 Å². The molecule has 0 heterocycles. The van der Waals surface area contributed by atoms with Crippen molar-refractivity contribution in [3.05, 3.63) is 24.3 Å². The molecular weight excluding hydrogens is 152 g/mol. The van der Waals surface area contributed by atoms with Crippen LogP contribution in [0.25, 0.3) is 0 Å². The lowest BCUT2D eigenvalue weighted by Gasteiger charge is -2.36. The molecule has 0 saturated carbocycles. The number of aldehydes is 1. The minimum absolute atomic E-state index is 0.0861. The number of hydrogen-bond donors (Lipinski definition) is 1. The fourth-order valence-electron chi connectivity index (χ4n) is 1.54. The second-order valence-electron chi connectivity index (χ2n) is 3.55. The van der Waals surface area contributed by atoms with Crippen molar-refractivity contribution >= 4 is 6.29 Å². The zero-order valence-electron chi connectivity index (χ0n) is 7.45. The Bertz CT molecular complexity index is 238. The monoisotopic (exact) mass is 166 g/mol. The summed E-state index contributed by atoms with van der Waals surface area (Å²) in [5, 5.41) is 9.89. The summed E-state index contributed by atoms with van der Waals surface area (Å²) in [5.74, 6) is -0.280. The van der Waals surface area contributed by atoms with Gasteiger partial charge in [-0.05, 0) is 18.4 Å². The van der Waals surface area contributed by atoms with Gasteiger partial charge in [-0.1, -0.05) is 25.7 Å². The van der Waals surface area contributed by atoms with Gasteiger partial charge in [-0.3, -0.25) is 0 Å². The van der Waals surface area contributed by atoms with Crippen molar-refractivity contribution in [3.63, 3.8) is 0 Å². The van der Waals surface area contributed by atoms with E-state index < -0.39 is 5.60 Å². The van der Waals surface area contributed by atoms with Gasteiger partial charge in [-0.25, -0.2) is 0 Å². The molecule has 0 aromatic heterocycles. The van der Waals surface area contributed by atoms with E-state index in [1.165, 1.54) is 0 Å². The topological polar surface area (TPSA) is 37.3 Å². The van der Waals surface area contributed by atoms with Crippen molar-refractivity contribution in [2.45, 2.75) is 19.4 Å². The predicted octanol–water partition coefficient (Wildman–Crippen LogP) is 1.31. The summed E-state index contributed by atoms with van der Waals surface area (Å²) in [6, 6.07) is 0. The second kappa shape index (κ2) is 2.87. The van der Waals surface area contributed by atoms with E-state index in [4.69, 9.17) is 0 Å². The van der Waals surface area contributed by atoms with E-state index in [-0.39, 0.29) is 11.8 Å². The molecule has 0 aliphatic heterocycles. The maximum atomic E-state index is 10.7. The highest BCUT2D eigenvalue weighted by Gasteiger charge is 2.38. The lowest BCUT2D eigenvalue weighted by molar-refractivity contribution is -0.118. The molecule has 1 N–H and O–H groups in total. The van der Waals surface area contributed by atoms with Gasteiger partial charge >= 0.3 is 0 Å². The van der Waals surface area contributed by atoms with Crippen LogP contribution in [0.4, 0.5) is 0 Å². The minimum atomic E-state index is -1.07. The Hall–Kier alpha value is -0.890. The average Bonchev–Trinajstić information content (AvgIpc) is 1.98. The normalized spacial score (nSPS) is 41.4. The van der Waals surface area contributed by atoms with Crippen molar-refractivity contribution in [2.75, 3.05) is 0 Å². The van der Waals surface area contributed by atoms with Gasteiger partial charge < -0.3 is 9.90 Å². The molecular formula is C10H14O2. The molecule has 0 saturated heterocycles. The first-order chi connectivity index (χ1) is 5.50.